The predicted octanol–water partition coefficient (Wildman–Crippen LogP) is 3.37. The maximum absolute atomic E-state index is 12.6. The van der Waals surface area contributed by atoms with E-state index >= 15 is 0 Å². The zero-order valence-corrected chi connectivity index (χ0v) is 17.2. The number of rotatable bonds is 7. The van der Waals surface area contributed by atoms with Crippen molar-refractivity contribution in [3.63, 3.8) is 0 Å². The Morgan fingerprint density at radius 3 is 2.45 bits per heavy atom. The highest BCUT2D eigenvalue weighted by Gasteiger charge is 2.18. The van der Waals surface area contributed by atoms with Gasteiger partial charge in [0.25, 0.3) is 5.91 Å². The summed E-state index contributed by atoms with van der Waals surface area (Å²) in [4.78, 5) is 16.9. The van der Waals surface area contributed by atoms with Crippen LogP contribution >= 0.6 is 0 Å². The molecule has 0 fully saturated rings. The number of hydrogen-bond acceptors (Lipinski definition) is 6. The standard InChI is InChI=1S/C20H22N4O4S/c1-4-13(2)24-29(26,27)16-11-9-15(10-12-16)20(25)22-18-8-6-5-7-17(18)19-21-14(3)28-23-19/h5-13,24H,4H2,1-3H3,(H,22,25). The zero-order valence-electron chi connectivity index (χ0n) is 16.3. The van der Waals surface area contributed by atoms with Gasteiger partial charge in [0.1, 0.15) is 0 Å². The van der Waals surface area contributed by atoms with Gasteiger partial charge in [-0.05, 0) is 49.7 Å². The third-order valence-electron chi connectivity index (χ3n) is 4.34. The minimum atomic E-state index is -3.62. The number of nitrogens with zero attached hydrogens (tertiary/aromatic N) is 2. The van der Waals surface area contributed by atoms with Gasteiger partial charge >= 0.3 is 0 Å². The third kappa shape index (κ3) is 4.87. The fourth-order valence-electron chi connectivity index (χ4n) is 2.59. The maximum Gasteiger partial charge on any atom is 0.255 e. The lowest BCUT2D eigenvalue weighted by Gasteiger charge is -2.12. The number of aromatic nitrogens is 2. The first kappa shape index (κ1) is 20.7. The Hall–Kier alpha value is -3.04. The molecule has 3 rings (SSSR count). The minimum Gasteiger partial charge on any atom is -0.339 e. The number of amides is 1. The number of nitrogens with one attached hydrogen (secondary N) is 2. The SMILES string of the molecule is CCC(C)NS(=O)(=O)c1ccc(C(=O)Nc2ccccc2-c2noc(C)n2)cc1. The Morgan fingerprint density at radius 2 is 1.83 bits per heavy atom. The second-order valence-electron chi connectivity index (χ2n) is 6.59. The molecule has 0 saturated carbocycles. The van der Waals surface area contributed by atoms with Crippen molar-refractivity contribution in [3.05, 3.63) is 60.0 Å². The van der Waals surface area contributed by atoms with Crippen LogP contribution in [-0.2, 0) is 10.0 Å². The summed E-state index contributed by atoms with van der Waals surface area (Å²) in [5.74, 6) is 0.413. The normalized spacial score (nSPS) is 12.5. The molecule has 1 aromatic heterocycles. The highest BCUT2D eigenvalue weighted by molar-refractivity contribution is 7.89. The molecule has 0 bridgehead atoms. The van der Waals surface area contributed by atoms with Gasteiger partial charge in [0.15, 0.2) is 0 Å². The van der Waals surface area contributed by atoms with E-state index < -0.39 is 10.0 Å². The van der Waals surface area contributed by atoms with Crippen molar-refractivity contribution >= 4 is 21.6 Å². The summed E-state index contributed by atoms with van der Waals surface area (Å²) < 4.78 is 32.3. The molecule has 0 radical (unpaired) electrons. The molecule has 0 aliphatic heterocycles. The third-order valence-corrected chi connectivity index (χ3v) is 5.94. The van der Waals surface area contributed by atoms with Gasteiger partial charge < -0.3 is 9.84 Å². The fourth-order valence-corrected chi connectivity index (χ4v) is 3.92. The van der Waals surface area contributed by atoms with Crippen molar-refractivity contribution in [1.82, 2.24) is 14.9 Å². The van der Waals surface area contributed by atoms with E-state index in [0.717, 1.165) is 0 Å². The van der Waals surface area contributed by atoms with Crippen LogP contribution in [0, 0.1) is 6.92 Å². The number of para-hydroxylation sites is 1. The van der Waals surface area contributed by atoms with E-state index in [0.29, 0.717) is 35.0 Å². The smallest absolute Gasteiger partial charge is 0.255 e. The van der Waals surface area contributed by atoms with Gasteiger partial charge in [0.2, 0.25) is 21.7 Å². The largest absolute Gasteiger partial charge is 0.339 e. The van der Waals surface area contributed by atoms with E-state index in [1.165, 1.54) is 24.3 Å². The molecule has 2 aromatic carbocycles. The van der Waals surface area contributed by atoms with Crippen LogP contribution in [0.15, 0.2) is 57.9 Å². The Morgan fingerprint density at radius 1 is 1.14 bits per heavy atom. The van der Waals surface area contributed by atoms with Crippen molar-refractivity contribution in [3.8, 4) is 11.4 Å². The van der Waals surface area contributed by atoms with Crippen LogP contribution in [0.4, 0.5) is 5.69 Å². The van der Waals surface area contributed by atoms with Crippen molar-refractivity contribution in [2.75, 3.05) is 5.32 Å². The van der Waals surface area contributed by atoms with Crippen molar-refractivity contribution < 1.29 is 17.7 Å². The molecule has 3 aromatic rings. The van der Waals surface area contributed by atoms with Crippen molar-refractivity contribution in [2.45, 2.75) is 38.1 Å². The molecule has 2 N–H and O–H groups in total. The van der Waals surface area contributed by atoms with Gasteiger partial charge in [0.05, 0.1) is 10.6 Å². The molecule has 0 spiro atoms. The molecule has 8 nitrogen and oxygen atoms in total. The number of benzene rings is 2. The summed E-state index contributed by atoms with van der Waals surface area (Å²) in [7, 11) is -3.62. The first-order chi connectivity index (χ1) is 13.8. The number of carbonyl (C=O) groups is 1. The maximum atomic E-state index is 12.6. The van der Waals surface area contributed by atoms with E-state index in [9.17, 15) is 13.2 Å². The molecule has 1 atom stereocenters. The van der Waals surface area contributed by atoms with Crippen LogP contribution in [0.3, 0.4) is 0 Å². The van der Waals surface area contributed by atoms with Crippen molar-refractivity contribution in [1.29, 1.82) is 0 Å². The molecule has 1 unspecified atom stereocenters. The number of hydrogen-bond donors (Lipinski definition) is 2. The van der Waals surface area contributed by atoms with E-state index in [-0.39, 0.29) is 16.8 Å². The lowest BCUT2D eigenvalue weighted by Crippen LogP contribution is -2.32. The number of sulfonamides is 1. The highest BCUT2D eigenvalue weighted by atomic mass is 32.2. The first-order valence-electron chi connectivity index (χ1n) is 9.13. The van der Waals surface area contributed by atoms with Crippen LogP contribution in [0.2, 0.25) is 0 Å². The van der Waals surface area contributed by atoms with Gasteiger partial charge in [-0.1, -0.05) is 24.2 Å². The van der Waals surface area contributed by atoms with Crippen LogP contribution < -0.4 is 10.0 Å². The van der Waals surface area contributed by atoms with Crippen LogP contribution in [0.1, 0.15) is 36.5 Å². The van der Waals surface area contributed by atoms with E-state index in [1.807, 2.05) is 6.92 Å². The molecular formula is C20H22N4O4S. The molecule has 1 amide bonds. The Balaban J connectivity index is 1.79. The molecular weight excluding hydrogens is 392 g/mol. The number of aryl methyl sites for hydroxylation is 1. The summed E-state index contributed by atoms with van der Waals surface area (Å²) in [6.07, 6.45) is 0.680. The van der Waals surface area contributed by atoms with E-state index in [2.05, 4.69) is 20.2 Å². The lowest BCUT2D eigenvalue weighted by molar-refractivity contribution is 0.102. The van der Waals surface area contributed by atoms with Gasteiger partial charge in [0, 0.05) is 24.1 Å². The van der Waals surface area contributed by atoms with Gasteiger partial charge in [-0.3, -0.25) is 4.79 Å². The molecule has 0 saturated heterocycles. The molecule has 0 aliphatic rings. The summed E-state index contributed by atoms with van der Waals surface area (Å²) in [6, 6.07) is 12.7. The predicted molar refractivity (Wildman–Crippen MR) is 109 cm³/mol. The minimum absolute atomic E-state index is 0.108. The average molecular weight is 414 g/mol. The zero-order chi connectivity index (χ0) is 21.0. The van der Waals surface area contributed by atoms with E-state index in [1.54, 1.807) is 38.1 Å². The molecule has 9 heteroatoms. The van der Waals surface area contributed by atoms with Crippen LogP contribution in [-0.4, -0.2) is 30.5 Å². The fraction of sp³-hybridized carbons (Fsp3) is 0.250. The first-order valence-corrected chi connectivity index (χ1v) is 10.6. The Kier molecular flexibility index (Phi) is 6.09. The Bertz CT molecular complexity index is 1110. The summed E-state index contributed by atoms with van der Waals surface area (Å²) in [5, 5.41) is 6.69. The summed E-state index contributed by atoms with van der Waals surface area (Å²) >= 11 is 0. The molecule has 152 valence electrons. The summed E-state index contributed by atoms with van der Waals surface area (Å²) in [6.45, 7) is 5.37. The number of anilines is 1. The van der Waals surface area contributed by atoms with Crippen LogP contribution in [0.5, 0.6) is 0 Å². The van der Waals surface area contributed by atoms with Crippen molar-refractivity contribution in [2.24, 2.45) is 0 Å². The van der Waals surface area contributed by atoms with Gasteiger partial charge in [-0.15, -0.1) is 0 Å². The quantitative estimate of drug-likeness (QED) is 0.613. The molecule has 1 heterocycles. The van der Waals surface area contributed by atoms with Gasteiger partial charge in [-0.2, -0.15) is 4.98 Å². The second kappa shape index (κ2) is 8.54. The van der Waals surface area contributed by atoms with Gasteiger partial charge in [-0.25, -0.2) is 13.1 Å². The molecule has 29 heavy (non-hydrogen) atoms. The Labute approximate surface area is 169 Å². The topological polar surface area (TPSA) is 114 Å². The summed E-state index contributed by atoms with van der Waals surface area (Å²) in [5.41, 5.74) is 1.47. The van der Waals surface area contributed by atoms with Crippen LogP contribution in [0.25, 0.3) is 11.4 Å². The average Bonchev–Trinajstić information content (AvgIpc) is 3.14. The van der Waals surface area contributed by atoms with E-state index in [4.69, 9.17) is 4.52 Å². The second-order valence-corrected chi connectivity index (χ2v) is 8.31. The monoisotopic (exact) mass is 414 g/mol. The lowest BCUT2D eigenvalue weighted by atomic mass is 10.1. The number of carbonyl (C=O) groups excluding carboxylic acids is 1. The molecule has 0 aliphatic carbocycles. The highest BCUT2D eigenvalue weighted by Crippen LogP contribution is 2.26.